The van der Waals surface area contributed by atoms with Crippen LogP contribution in [0.5, 0.6) is 5.75 Å². The first-order chi connectivity index (χ1) is 14.6. The van der Waals surface area contributed by atoms with Gasteiger partial charge in [-0.15, -0.1) is 0 Å². The molecule has 1 N–H and O–H groups in total. The second kappa shape index (κ2) is 10.4. The van der Waals surface area contributed by atoms with Crippen LogP contribution in [0.3, 0.4) is 0 Å². The van der Waals surface area contributed by atoms with Crippen molar-refractivity contribution in [1.29, 1.82) is 10.5 Å². The largest absolute Gasteiger partial charge is 0.491 e. The Hall–Kier alpha value is -3.36. The third-order valence-corrected chi connectivity index (χ3v) is 5.14. The molecule has 0 aliphatic rings. The van der Waals surface area contributed by atoms with Crippen molar-refractivity contribution in [1.82, 2.24) is 5.32 Å². The average molecular weight is 507 g/mol. The second-order valence-corrected chi connectivity index (χ2v) is 7.89. The molecule has 0 aliphatic heterocycles. The van der Waals surface area contributed by atoms with Gasteiger partial charge in [-0.3, -0.25) is 4.79 Å². The summed E-state index contributed by atoms with van der Waals surface area (Å²) in [5, 5.41) is 21.0. The molecule has 1 unspecified atom stereocenters. The number of carbonyl (C=O) groups is 1. The van der Waals surface area contributed by atoms with Crippen molar-refractivity contribution in [2.24, 2.45) is 0 Å². The number of hydrogen-bond donors (Lipinski definition) is 1. The average Bonchev–Trinajstić information content (AvgIpc) is 2.79. The Balaban J connectivity index is 1.73. The van der Waals surface area contributed by atoms with Crippen molar-refractivity contribution in [2.45, 2.75) is 12.5 Å². The Morgan fingerprint density at radius 2 is 1.67 bits per heavy atom. The molecule has 5 nitrogen and oxygen atoms in total. The van der Waals surface area contributed by atoms with E-state index in [4.69, 9.17) is 15.3 Å². The fourth-order valence-electron chi connectivity index (χ4n) is 2.87. The lowest BCUT2D eigenvalue weighted by Gasteiger charge is -2.20. The maximum atomic E-state index is 12.7. The molecule has 0 spiro atoms. The van der Waals surface area contributed by atoms with Crippen LogP contribution in [0.4, 0.5) is 0 Å². The van der Waals surface area contributed by atoms with Gasteiger partial charge in [0.25, 0.3) is 5.91 Å². The first-order valence-electron chi connectivity index (χ1n) is 9.26. The quantitative estimate of drug-likeness (QED) is 0.479. The highest BCUT2D eigenvalue weighted by molar-refractivity contribution is 14.1. The zero-order chi connectivity index (χ0) is 21.3. The molecule has 0 aliphatic carbocycles. The van der Waals surface area contributed by atoms with Gasteiger partial charge in [0.05, 0.1) is 29.3 Å². The minimum atomic E-state index is -0.279. The van der Waals surface area contributed by atoms with Gasteiger partial charge < -0.3 is 10.1 Å². The molecule has 1 amide bonds. The summed E-state index contributed by atoms with van der Waals surface area (Å²) in [4.78, 5) is 12.7. The van der Waals surface area contributed by atoms with Crippen LogP contribution in [0, 0.1) is 26.2 Å². The summed E-state index contributed by atoms with van der Waals surface area (Å²) in [6.07, 6.45) is 0.594. The second-order valence-electron chi connectivity index (χ2n) is 6.64. The number of nitrogens with zero attached hydrogens (tertiary/aromatic N) is 2. The van der Waals surface area contributed by atoms with Crippen molar-refractivity contribution >= 4 is 28.5 Å². The third kappa shape index (κ3) is 6.07. The van der Waals surface area contributed by atoms with Crippen LogP contribution in [-0.2, 0) is 6.42 Å². The van der Waals surface area contributed by atoms with Crippen LogP contribution in [-0.4, -0.2) is 18.6 Å². The predicted octanol–water partition coefficient (Wildman–Crippen LogP) is 4.45. The van der Waals surface area contributed by atoms with E-state index in [9.17, 15) is 4.79 Å². The Bertz CT molecular complexity index is 1100. The molecule has 148 valence electrons. The molecule has 1 atom stereocenters. The topological polar surface area (TPSA) is 85.9 Å². The van der Waals surface area contributed by atoms with Gasteiger partial charge in [0, 0.05) is 9.13 Å². The van der Waals surface area contributed by atoms with Crippen molar-refractivity contribution < 1.29 is 9.53 Å². The first-order valence-corrected chi connectivity index (χ1v) is 10.3. The Morgan fingerprint density at radius 3 is 2.33 bits per heavy atom. The number of benzene rings is 3. The number of halogens is 1. The molecule has 30 heavy (non-hydrogen) atoms. The zero-order valence-electron chi connectivity index (χ0n) is 16.0. The highest BCUT2D eigenvalue weighted by atomic mass is 127. The van der Waals surface area contributed by atoms with E-state index in [2.05, 4.69) is 34.0 Å². The molecular formula is C24H18IN3O2. The van der Waals surface area contributed by atoms with E-state index in [0.29, 0.717) is 28.9 Å². The Labute approximate surface area is 189 Å². The number of rotatable bonds is 7. The monoisotopic (exact) mass is 507 g/mol. The predicted molar refractivity (Wildman–Crippen MR) is 122 cm³/mol. The van der Waals surface area contributed by atoms with Crippen LogP contribution in [0.2, 0.25) is 0 Å². The summed E-state index contributed by atoms with van der Waals surface area (Å²) in [6, 6.07) is 25.4. The normalized spacial score (nSPS) is 11.0. The van der Waals surface area contributed by atoms with Crippen molar-refractivity contribution in [2.75, 3.05) is 6.61 Å². The van der Waals surface area contributed by atoms with Gasteiger partial charge in [0.15, 0.2) is 0 Å². The highest BCUT2D eigenvalue weighted by Gasteiger charge is 2.16. The van der Waals surface area contributed by atoms with Gasteiger partial charge in [0.1, 0.15) is 12.4 Å². The number of nitrogens with one attached hydrogen (secondary N) is 1. The standard InChI is InChI=1S/C24H18IN3O2/c25-21-10-6-17(7-11-21)12-22(16-30-23-3-1-2-19(13-23)15-27)28-24(29)20-8-4-18(14-26)5-9-20/h1-11,13,22H,12,16H2,(H,28,29). The van der Waals surface area contributed by atoms with E-state index < -0.39 is 0 Å². The highest BCUT2D eigenvalue weighted by Crippen LogP contribution is 2.15. The number of amides is 1. The van der Waals surface area contributed by atoms with Crippen molar-refractivity contribution in [3.05, 3.63) is 98.6 Å². The van der Waals surface area contributed by atoms with Gasteiger partial charge in [-0.25, -0.2) is 0 Å². The van der Waals surface area contributed by atoms with Gasteiger partial charge in [-0.2, -0.15) is 10.5 Å². The Morgan fingerprint density at radius 1 is 0.967 bits per heavy atom. The van der Waals surface area contributed by atoms with E-state index in [1.165, 1.54) is 0 Å². The summed E-state index contributed by atoms with van der Waals surface area (Å²) < 4.78 is 7.01. The lowest BCUT2D eigenvalue weighted by Crippen LogP contribution is -2.40. The van der Waals surface area contributed by atoms with Crippen LogP contribution in [0.25, 0.3) is 0 Å². The van der Waals surface area contributed by atoms with Gasteiger partial charge in [-0.05, 0) is 89.2 Å². The van der Waals surface area contributed by atoms with E-state index in [-0.39, 0.29) is 18.6 Å². The molecule has 0 radical (unpaired) electrons. The summed E-state index contributed by atoms with van der Waals surface area (Å²) in [5.41, 5.74) is 2.58. The molecule has 3 aromatic rings. The number of carbonyl (C=O) groups excluding carboxylic acids is 1. The zero-order valence-corrected chi connectivity index (χ0v) is 18.2. The van der Waals surface area contributed by atoms with E-state index in [1.54, 1.807) is 48.5 Å². The molecule has 0 saturated heterocycles. The lowest BCUT2D eigenvalue weighted by molar-refractivity contribution is 0.0921. The number of nitriles is 2. The molecule has 0 saturated carbocycles. The lowest BCUT2D eigenvalue weighted by atomic mass is 10.1. The number of hydrogen-bond acceptors (Lipinski definition) is 4. The summed E-state index contributed by atoms with van der Waals surface area (Å²) in [7, 11) is 0. The fourth-order valence-corrected chi connectivity index (χ4v) is 3.23. The molecule has 0 fully saturated rings. The van der Waals surface area contributed by atoms with Crippen LogP contribution in [0.1, 0.15) is 27.0 Å². The summed E-state index contributed by atoms with van der Waals surface area (Å²) in [6.45, 7) is 0.253. The summed E-state index contributed by atoms with van der Waals surface area (Å²) in [5.74, 6) is 0.346. The molecule has 0 heterocycles. The molecule has 0 bridgehead atoms. The van der Waals surface area contributed by atoms with Gasteiger partial charge in [-0.1, -0.05) is 18.2 Å². The third-order valence-electron chi connectivity index (χ3n) is 4.42. The van der Waals surface area contributed by atoms with Crippen LogP contribution < -0.4 is 10.1 Å². The van der Waals surface area contributed by atoms with Gasteiger partial charge in [0.2, 0.25) is 0 Å². The van der Waals surface area contributed by atoms with Crippen molar-refractivity contribution in [3.63, 3.8) is 0 Å². The van der Waals surface area contributed by atoms with E-state index in [0.717, 1.165) is 9.13 Å². The van der Waals surface area contributed by atoms with Crippen molar-refractivity contribution in [3.8, 4) is 17.9 Å². The van der Waals surface area contributed by atoms with Crippen LogP contribution >= 0.6 is 22.6 Å². The SMILES string of the molecule is N#Cc1ccc(C(=O)NC(COc2cccc(C#N)c2)Cc2ccc(I)cc2)cc1. The fraction of sp³-hybridized carbons (Fsp3) is 0.125. The molecule has 3 aromatic carbocycles. The number of ether oxygens (including phenoxy) is 1. The molecule has 3 rings (SSSR count). The van der Waals surface area contributed by atoms with E-state index >= 15 is 0 Å². The van der Waals surface area contributed by atoms with Gasteiger partial charge >= 0.3 is 0 Å². The maximum absolute atomic E-state index is 12.7. The summed E-state index contributed by atoms with van der Waals surface area (Å²) >= 11 is 2.25. The molecule has 0 aromatic heterocycles. The Kier molecular flexibility index (Phi) is 7.42. The van der Waals surface area contributed by atoms with Crippen LogP contribution in [0.15, 0.2) is 72.8 Å². The molecule has 6 heteroatoms. The first kappa shape index (κ1) is 21.4. The molecular weight excluding hydrogens is 489 g/mol. The van der Waals surface area contributed by atoms with E-state index in [1.807, 2.05) is 30.3 Å². The maximum Gasteiger partial charge on any atom is 0.251 e. The minimum absolute atomic E-state index is 0.232. The smallest absolute Gasteiger partial charge is 0.251 e. The minimum Gasteiger partial charge on any atom is -0.491 e.